The van der Waals surface area contributed by atoms with Crippen molar-refractivity contribution in [3.05, 3.63) is 30.3 Å². The summed E-state index contributed by atoms with van der Waals surface area (Å²) in [4.78, 5) is 0.237. The Bertz CT molecular complexity index is 460. The summed E-state index contributed by atoms with van der Waals surface area (Å²) in [6.45, 7) is 2.51. The number of rotatable bonds is 12. The summed E-state index contributed by atoms with van der Waals surface area (Å²) in [5.74, 6) is 0. The Morgan fingerprint density at radius 2 is 1.32 bits per heavy atom. The van der Waals surface area contributed by atoms with E-state index in [0.717, 1.165) is 12.8 Å². The van der Waals surface area contributed by atoms with Crippen LogP contribution in [0.15, 0.2) is 35.2 Å². The van der Waals surface area contributed by atoms with Crippen molar-refractivity contribution in [2.45, 2.75) is 69.6 Å². The minimum atomic E-state index is -3.57. The van der Waals surface area contributed by atoms with Crippen molar-refractivity contribution < 1.29 is 12.6 Å². The first-order valence-electron chi connectivity index (χ1n) is 8.11. The molecule has 0 aliphatic carbocycles. The van der Waals surface area contributed by atoms with Crippen LogP contribution in [0.5, 0.6) is 0 Å². The van der Waals surface area contributed by atoms with E-state index in [1.807, 2.05) is 0 Å². The zero-order valence-corrected chi connectivity index (χ0v) is 16.9. The smallest absolute Gasteiger partial charge is 0.266 e. The number of benzene rings is 1. The molecular formula is C17H28NaO3S. The number of hydrogen-bond acceptors (Lipinski definition) is 3. The summed E-state index contributed by atoms with van der Waals surface area (Å²) in [6, 6.07) is 8.32. The van der Waals surface area contributed by atoms with Gasteiger partial charge in [0.25, 0.3) is 10.1 Å². The maximum atomic E-state index is 11.8. The summed E-state index contributed by atoms with van der Waals surface area (Å²) in [5.41, 5.74) is 0. The summed E-state index contributed by atoms with van der Waals surface area (Å²) in [7, 11) is -3.57. The fourth-order valence-electron chi connectivity index (χ4n) is 2.24. The molecule has 3 nitrogen and oxygen atoms in total. The average Bonchev–Trinajstić information content (AvgIpc) is 2.50. The molecule has 22 heavy (non-hydrogen) atoms. The van der Waals surface area contributed by atoms with E-state index in [9.17, 15) is 8.42 Å². The van der Waals surface area contributed by atoms with Crippen LogP contribution in [0, 0.1) is 0 Å². The van der Waals surface area contributed by atoms with Crippen LogP contribution in [-0.2, 0) is 14.3 Å². The van der Waals surface area contributed by atoms with Crippen LogP contribution in [0.2, 0.25) is 0 Å². The average molecular weight is 335 g/mol. The van der Waals surface area contributed by atoms with Crippen molar-refractivity contribution in [2.24, 2.45) is 0 Å². The van der Waals surface area contributed by atoms with E-state index in [4.69, 9.17) is 4.18 Å². The monoisotopic (exact) mass is 335 g/mol. The van der Waals surface area contributed by atoms with Crippen molar-refractivity contribution in [1.82, 2.24) is 0 Å². The number of unbranched alkanes of at least 4 members (excludes halogenated alkanes) is 8. The summed E-state index contributed by atoms with van der Waals surface area (Å²) in [5, 5.41) is 0. The van der Waals surface area contributed by atoms with Crippen LogP contribution in [0.4, 0.5) is 0 Å². The molecule has 0 aliphatic heterocycles. The van der Waals surface area contributed by atoms with Crippen molar-refractivity contribution in [2.75, 3.05) is 6.61 Å². The molecule has 0 saturated heterocycles. The van der Waals surface area contributed by atoms with E-state index < -0.39 is 10.1 Å². The van der Waals surface area contributed by atoms with Gasteiger partial charge in [0.05, 0.1) is 11.5 Å². The largest absolute Gasteiger partial charge is 0.296 e. The quantitative estimate of drug-likeness (QED) is 0.320. The Morgan fingerprint density at radius 1 is 0.818 bits per heavy atom. The van der Waals surface area contributed by atoms with E-state index in [1.165, 1.54) is 44.9 Å². The molecular weight excluding hydrogens is 307 g/mol. The third-order valence-corrected chi connectivity index (χ3v) is 4.84. The van der Waals surface area contributed by atoms with Crippen molar-refractivity contribution >= 4 is 39.7 Å². The van der Waals surface area contributed by atoms with E-state index in [0.29, 0.717) is 0 Å². The second kappa shape index (κ2) is 13.6. The molecule has 1 rings (SSSR count). The van der Waals surface area contributed by atoms with Gasteiger partial charge < -0.3 is 0 Å². The Morgan fingerprint density at radius 3 is 1.86 bits per heavy atom. The molecule has 0 bridgehead atoms. The second-order valence-electron chi connectivity index (χ2n) is 5.42. The topological polar surface area (TPSA) is 43.4 Å². The molecule has 0 amide bonds. The molecule has 0 aliphatic rings. The van der Waals surface area contributed by atoms with E-state index >= 15 is 0 Å². The van der Waals surface area contributed by atoms with Crippen molar-refractivity contribution in [1.29, 1.82) is 0 Å². The van der Waals surface area contributed by atoms with Crippen LogP contribution >= 0.6 is 0 Å². The first kappa shape index (κ1) is 22.1. The summed E-state index contributed by atoms with van der Waals surface area (Å²) < 4.78 is 28.7. The van der Waals surface area contributed by atoms with Crippen LogP contribution in [0.3, 0.4) is 0 Å². The summed E-state index contributed by atoms with van der Waals surface area (Å²) in [6.07, 6.45) is 10.8. The van der Waals surface area contributed by atoms with Gasteiger partial charge in [-0.15, -0.1) is 0 Å². The molecule has 0 fully saturated rings. The molecule has 1 aromatic carbocycles. The first-order chi connectivity index (χ1) is 10.2. The van der Waals surface area contributed by atoms with Crippen LogP contribution < -0.4 is 0 Å². The standard InChI is InChI=1S/C17H28O3S.Na/c1-2-3-4-5-6-7-8-9-13-16-20-21(18,19)17-14-11-10-12-15-17;/h10-12,14-15H,2-9,13,16H2,1H3;. The van der Waals surface area contributed by atoms with Gasteiger partial charge in [-0.1, -0.05) is 76.5 Å². The zero-order valence-electron chi connectivity index (χ0n) is 14.1. The van der Waals surface area contributed by atoms with E-state index in [2.05, 4.69) is 6.92 Å². The zero-order chi connectivity index (χ0) is 15.4. The van der Waals surface area contributed by atoms with Gasteiger partial charge in [-0.2, -0.15) is 8.42 Å². The SMILES string of the molecule is CCCCCCCCCCCOS(=O)(=O)c1ccccc1.[Na]. The van der Waals surface area contributed by atoms with Crippen molar-refractivity contribution in [3.63, 3.8) is 0 Å². The van der Waals surface area contributed by atoms with Gasteiger partial charge >= 0.3 is 0 Å². The molecule has 0 N–H and O–H groups in total. The van der Waals surface area contributed by atoms with Crippen molar-refractivity contribution in [3.8, 4) is 0 Å². The Kier molecular flexibility index (Phi) is 13.6. The second-order valence-corrected chi connectivity index (χ2v) is 7.03. The molecule has 0 atom stereocenters. The minimum absolute atomic E-state index is 0. The van der Waals surface area contributed by atoms with Gasteiger partial charge in [0.2, 0.25) is 0 Å². The van der Waals surface area contributed by atoms with E-state index in [1.54, 1.807) is 30.3 Å². The fraction of sp³-hybridized carbons (Fsp3) is 0.647. The molecule has 0 unspecified atom stereocenters. The van der Waals surface area contributed by atoms with Gasteiger partial charge in [-0.25, -0.2) is 0 Å². The predicted octanol–water partition coefficient (Wildman–Crippen LogP) is 4.54. The van der Waals surface area contributed by atoms with Gasteiger partial charge in [0, 0.05) is 29.6 Å². The predicted molar refractivity (Wildman–Crippen MR) is 92.6 cm³/mol. The fourth-order valence-corrected chi connectivity index (χ4v) is 3.20. The molecule has 0 heterocycles. The van der Waals surface area contributed by atoms with Crippen LogP contribution in [0.1, 0.15) is 64.7 Å². The van der Waals surface area contributed by atoms with Crippen LogP contribution in [0.25, 0.3) is 0 Å². The third-order valence-electron chi connectivity index (χ3n) is 3.52. The normalized spacial score (nSPS) is 11.1. The molecule has 5 heteroatoms. The Hall–Kier alpha value is 0.130. The molecule has 1 aromatic rings. The van der Waals surface area contributed by atoms with Gasteiger partial charge in [-0.05, 0) is 18.6 Å². The molecule has 0 spiro atoms. The van der Waals surface area contributed by atoms with Gasteiger partial charge in [-0.3, -0.25) is 4.18 Å². The maximum Gasteiger partial charge on any atom is 0.296 e. The Labute approximate surface area is 158 Å². The van der Waals surface area contributed by atoms with E-state index in [-0.39, 0.29) is 41.1 Å². The molecule has 0 aromatic heterocycles. The summed E-state index contributed by atoms with van der Waals surface area (Å²) >= 11 is 0. The number of hydrogen-bond donors (Lipinski definition) is 0. The van der Waals surface area contributed by atoms with Gasteiger partial charge in [0.15, 0.2) is 0 Å². The Balaban J connectivity index is 0.00000441. The maximum absolute atomic E-state index is 11.8. The molecule has 0 saturated carbocycles. The third kappa shape index (κ3) is 10.0. The molecule has 121 valence electrons. The molecule has 1 radical (unpaired) electrons. The van der Waals surface area contributed by atoms with Gasteiger partial charge in [0.1, 0.15) is 0 Å². The first-order valence-corrected chi connectivity index (χ1v) is 9.52. The van der Waals surface area contributed by atoms with Crippen LogP contribution in [-0.4, -0.2) is 44.6 Å². The minimum Gasteiger partial charge on any atom is -0.266 e.